The molecule has 2 aliphatic rings. The van der Waals surface area contributed by atoms with E-state index in [4.69, 9.17) is 0 Å². The third kappa shape index (κ3) is 2.64. The number of fused-ring (bicyclic) bond motifs is 3. The molecule has 0 spiro atoms. The van der Waals surface area contributed by atoms with Crippen molar-refractivity contribution in [2.24, 2.45) is 0 Å². The molecule has 1 aromatic carbocycles. The Morgan fingerprint density at radius 2 is 2.23 bits per heavy atom. The Bertz CT molecular complexity index is 683. The van der Waals surface area contributed by atoms with Gasteiger partial charge in [-0.15, -0.1) is 0 Å². The molecule has 2 aromatic rings. The molecule has 1 N–H and O–H groups in total. The zero-order chi connectivity index (χ0) is 14.9. The molecular formula is C18H22N4. The molecule has 0 unspecified atom stereocenters. The van der Waals surface area contributed by atoms with E-state index in [0.717, 1.165) is 31.0 Å². The standard InChI is InChI=1S/C18H22N4/c1-13-20-6-4-16(21-13)11-14-2-3-17-15(10-14)5-8-22-9-7-19-12-18(17)22/h2-4,6,10,18-19H,5,7-9,11-12H2,1H3/t18-/m1/s1. The third-order valence-corrected chi connectivity index (χ3v) is 4.81. The molecule has 4 rings (SSSR count). The van der Waals surface area contributed by atoms with E-state index in [-0.39, 0.29) is 0 Å². The number of benzene rings is 1. The van der Waals surface area contributed by atoms with Crippen molar-refractivity contribution in [3.8, 4) is 0 Å². The fourth-order valence-electron chi connectivity index (χ4n) is 3.71. The largest absolute Gasteiger partial charge is 0.314 e. The number of hydrogen-bond acceptors (Lipinski definition) is 4. The maximum Gasteiger partial charge on any atom is 0.125 e. The molecule has 0 radical (unpaired) electrons. The number of rotatable bonds is 2. The van der Waals surface area contributed by atoms with Crippen molar-refractivity contribution in [1.29, 1.82) is 0 Å². The van der Waals surface area contributed by atoms with E-state index in [0.29, 0.717) is 6.04 Å². The first kappa shape index (κ1) is 13.9. The van der Waals surface area contributed by atoms with Crippen molar-refractivity contribution in [3.63, 3.8) is 0 Å². The molecule has 4 nitrogen and oxygen atoms in total. The number of nitrogens with zero attached hydrogens (tertiary/aromatic N) is 3. The van der Waals surface area contributed by atoms with Gasteiger partial charge in [0.2, 0.25) is 0 Å². The lowest BCUT2D eigenvalue weighted by Gasteiger charge is -2.41. The minimum atomic E-state index is 0.563. The molecule has 0 aliphatic carbocycles. The average molecular weight is 294 g/mol. The van der Waals surface area contributed by atoms with Crippen LogP contribution in [0.1, 0.15) is 34.3 Å². The summed E-state index contributed by atoms with van der Waals surface area (Å²) in [5.41, 5.74) is 5.49. The molecule has 22 heavy (non-hydrogen) atoms. The molecule has 1 fully saturated rings. The van der Waals surface area contributed by atoms with Crippen LogP contribution in [0.5, 0.6) is 0 Å². The van der Waals surface area contributed by atoms with Gasteiger partial charge in [0.15, 0.2) is 0 Å². The SMILES string of the molecule is Cc1nccc(Cc2ccc3c(c2)CCN2CCNC[C@H]32)n1. The van der Waals surface area contributed by atoms with E-state index >= 15 is 0 Å². The molecule has 0 amide bonds. The highest BCUT2D eigenvalue weighted by atomic mass is 15.2. The van der Waals surface area contributed by atoms with Gasteiger partial charge in [-0.05, 0) is 36.1 Å². The Hall–Kier alpha value is -1.78. The van der Waals surface area contributed by atoms with Gasteiger partial charge in [-0.3, -0.25) is 4.90 Å². The van der Waals surface area contributed by atoms with E-state index < -0.39 is 0 Å². The van der Waals surface area contributed by atoms with Gasteiger partial charge in [0.1, 0.15) is 5.82 Å². The number of aromatic nitrogens is 2. The highest BCUT2D eigenvalue weighted by Gasteiger charge is 2.29. The van der Waals surface area contributed by atoms with E-state index in [9.17, 15) is 0 Å². The monoisotopic (exact) mass is 294 g/mol. The summed E-state index contributed by atoms with van der Waals surface area (Å²) in [6, 6.07) is 9.57. The van der Waals surface area contributed by atoms with Gasteiger partial charge in [0.05, 0.1) is 0 Å². The van der Waals surface area contributed by atoms with Crippen molar-refractivity contribution < 1.29 is 0 Å². The minimum absolute atomic E-state index is 0.563. The van der Waals surface area contributed by atoms with Crippen LogP contribution in [0.15, 0.2) is 30.5 Å². The highest BCUT2D eigenvalue weighted by Crippen LogP contribution is 2.31. The summed E-state index contributed by atoms with van der Waals surface area (Å²) in [6.07, 6.45) is 3.91. The minimum Gasteiger partial charge on any atom is -0.314 e. The predicted octanol–water partition coefficient (Wildman–Crippen LogP) is 1.88. The molecule has 1 saturated heterocycles. The van der Waals surface area contributed by atoms with Gasteiger partial charge in [-0.1, -0.05) is 18.2 Å². The fourth-order valence-corrected chi connectivity index (χ4v) is 3.71. The number of hydrogen-bond donors (Lipinski definition) is 1. The Labute approximate surface area is 131 Å². The van der Waals surface area contributed by atoms with Crippen LogP contribution in [-0.4, -0.2) is 41.0 Å². The molecule has 4 heteroatoms. The summed E-state index contributed by atoms with van der Waals surface area (Å²) < 4.78 is 0. The van der Waals surface area contributed by atoms with Gasteiger partial charge in [-0.25, -0.2) is 9.97 Å². The summed E-state index contributed by atoms with van der Waals surface area (Å²) >= 11 is 0. The average Bonchev–Trinajstić information content (AvgIpc) is 2.54. The summed E-state index contributed by atoms with van der Waals surface area (Å²) in [4.78, 5) is 11.3. The second-order valence-corrected chi connectivity index (χ2v) is 6.31. The van der Waals surface area contributed by atoms with Crippen LogP contribution < -0.4 is 5.32 Å². The Morgan fingerprint density at radius 3 is 3.14 bits per heavy atom. The number of piperazine rings is 1. The van der Waals surface area contributed by atoms with Gasteiger partial charge >= 0.3 is 0 Å². The molecule has 0 bridgehead atoms. The zero-order valence-corrected chi connectivity index (χ0v) is 13.0. The van der Waals surface area contributed by atoms with Gasteiger partial charge < -0.3 is 5.32 Å². The van der Waals surface area contributed by atoms with E-state index in [1.807, 2.05) is 19.2 Å². The van der Waals surface area contributed by atoms with E-state index in [2.05, 4.69) is 38.4 Å². The summed E-state index contributed by atoms with van der Waals surface area (Å²) in [6.45, 7) is 6.51. The van der Waals surface area contributed by atoms with E-state index in [1.54, 1.807) is 0 Å². The number of nitrogens with one attached hydrogen (secondary N) is 1. The lowest BCUT2D eigenvalue weighted by molar-refractivity contribution is 0.152. The van der Waals surface area contributed by atoms with Crippen LogP contribution in [0, 0.1) is 6.92 Å². The molecule has 114 valence electrons. The lowest BCUT2D eigenvalue weighted by Crippen LogP contribution is -2.48. The van der Waals surface area contributed by atoms with Crippen LogP contribution in [0.3, 0.4) is 0 Å². The Morgan fingerprint density at radius 1 is 1.27 bits per heavy atom. The molecule has 1 atom stereocenters. The topological polar surface area (TPSA) is 41.1 Å². The quantitative estimate of drug-likeness (QED) is 0.918. The normalized spacial score (nSPS) is 21.2. The lowest BCUT2D eigenvalue weighted by atomic mass is 9.89. The fraction of sp³-hybridized carbons (Fsp3) is 0.444. The van der Waals surface area contributed by atoms with Gasteiger partial charge in [-0.2, -0.15) is 0 Å². The number of aryl methyl sites for hydroxylation is 1. The maximum atomic E-state index is 4.52. The zero-order valence-electron chi connectivity index (χ0n) is 13.0. The predicted molar refractivity (Wildman–Crippen MR) is 86.9 cm³/mol. The first-order valence-electron chi connectivity index (χ1n) is 8.14. The van der Waals surface area contributed by atoms with Crippen LogP contribution in [-0.2, 0) is 12.8 Å². The summed E-state index contributed by atoms with van der Waals surface area (Å²) in [5.74, 6) is 0.847. The van der Waals surface area contributed by atoms with Crippen LogP contribution in [0.2, 0.25) is 0 Å². The van der Waals surface area contributed by atoms with Crippen molar-refractivity contribution in [1.82, 2.24) is 20.2 Å². The van der Waals surface area contributed by atoms with Gasteiger partial charge in [0, 0.05) is 50.5 Å². The first-order chi connectivity index (χ1) is 10.8. The van der Waals surface area contributed by atoms with Crippen LogP contribution >= 0.6 is 0 Å². The highest BCUT2D eigenvalue weighted by molar-refractivity contribution is 5.38. The molecule has 0 saturated carbocycles. The molecule has 2 aliphatic heterocycles. The first-order valence-corrected chi connectivity index (χ1v) is 8.14. The second-order valence-electron chi connectivity index (χ2n) is 6.31. The van der Waals surface area contributed by atoms with Crippen molar-refractivity contribution in [2.45, 2.75) is 25.8 Å². The molecule has 1 aromatic heterocycles. The Balaban J connectivity index is 1.59. The Kier molecular flexibility index (Phi) is 3.64. The molecule has 3 heterocycles. The van der Waals surface area contributed by atoms with Crippen molar-refractivity contribution >= 4 is 0 Å². The smallest absolute Gasteiger partial charge is 0.125 e. The second kappa shape index (κ2) is 5.78. The van der Waals surface area contributed by atoms with Crippen LogP contribution in [0.4, 0.5) is 0 Å². The van der Waals surface area contributed by atoms with Gasteiger partial charge in [0.25, 0.3) is 0 Å². The third-order valence-electron chi connectivity index (χ3n) is 4.81. The van der Waals surface area contributed by atoms with E-state index in [1.165, 1.54) is 36.2 Å². The molecular weight excluding hydrogens is 272 g/mol. The van der Waals surface area contributed by atoms with Crippen molar-refractivity contribution in [2.75, 3.05) is 26.2 Å². The van der Waals surface area contributed by atoms with Crippen LogP contribution in [0.25, 0.3) is 0 Å². The maximum absolute atomic E-state index is 4.52. The summed E-state index contributed by atoms with van der Waals surface area (Å²) in [5, 5.41) is 3.53. The summed E-state index contributed by atoms with van der Waals surface area (Å²) in [7, 11) is 0. The van der Waals surface area contributed by atoms with Crippen molar-refractivity contribution in [3.05, 3.63) is 58.7 Å².